The first-order valence-corrected chi connectivity index (χ1v) is 8.84. The van der Waals surface area contributed by atoms with Crippen LogP contribution >= 0.6 is 24.8 Å². The fourth-order valence-corrected chi connectivity index (χ4v) is 3.73. The Hall–Kier alpha value is -0.820. The van der Waals surface area contributed by atoms with Crippen molar-refractivity contribution in [3.8, 4) is 0 Å². The van der Waals surface area contributed by atoms with Crippen LogP contribution in [0.2, 0.25) is 0 Å². The van der Waals surface area contributed by atoms with E-state index in [-0.39, 0.29) is 24.8 Å². The average Bonchev–Trinajstić information content (AvgIpc) is 3.03. The molecule has 2 fully saturated rings. The predicted molar refractivity (Wildman–Crippen MR) is 109 cm³/mol. The van der Waals surface area contributed by atoms with Crippen LogP contribution in [0.3, 0.4) is 0 Å². The van der Waals surface area contributed by atoms with Gasteiger partial charge in [-0.3, -0.25) is 0 Å². The second-order valence-electron chi connectivity index (χ2n) is 7.28. The summed E-state index contributed by atoms with van der Waals surface area (Å²) in [5.74, 6) is 1.74. The monoisotopic (exact) mass is 390 g/mol. The number of likely N-dealkylation sites (N-methyl/N-ethyl adjacent to an activating group) is 2. The maximum absolute atomic E-state index is 5.91. The molecule has 0 bridgehead atoms. The largest absolute Gasteiger partial charge is 0.368 e. The predicted octanol–water partition coefficient (Wildman–Crippen LogP) is 2.42. The van der Waals surface area contributed by atoms with E-state index in [9.17, 15) is 0 Å². The van der Waals surface area contributed by atoms with E-state index in [2.05, 4.69) is 39.9 Å². The van der Waals surface area contributed by atoms with Gasteiger partial charge in [0.2, 0.25) is 5.95 Å². The molecule has 0 amide bonds. The third-order valence-corrected chi connectivity index (χ3v) is 5.47. The third-order valence-electron chi connectivity index (χ3n) is 5.47. The van der Waals surface area contributed by atoms with E-state index in [0.717, 1.165) is 43.5 Å². The minimum absolute atomic E-state index is 0. The van der Waals surface area contributed by atoms with Crippen LogP contribution in [0.15, 0.2) is 6.07 Å². The van der Waals surface area contributed by atoms with Crippen LogP contribution in [0.5, 0.6) is 0 Å². The SMILES string of the molecule is CN(CCN(C)C1CCCC1)c1cc(C2CC(N)C2)nc(N)n1.Cl.Cl. The van der Waals surface area contributed by atoms with Gasteiger partial charge in [0, 0.05) is 44.2 Å². The molecule has 0 spiro atoms. The first-order chi connectivity index (χ1) is 11.0. The number of hydrogen-bond donors (Lipinski definition) is 2. The molecule has 3 rings (SSSR count). The number of nitrogens with two attached hydrogens (primary N) is 2. The van der Waals surface area contributed by atoms with E-state index in [0.29, 0.717) is 17.9 Å². The molecule has 2 aliphatic carbocycles. The minimum atomic E-state index is 0. The van der Waals surface area contributed by atoms with Gasteiger partial charge < -0.3 is 21.3 Å². The lowest BCUT2D eigenvalue weighted by atomic mass is 9.78. The van der Waals surface area contributed by atoms with Gasteiger partial charge in [0.15, 0.2) is 0 Å². The van der Waals surface area contributed by atoms with Crippen LogP contribution in [0.1, 0.15) is 50.1 Å². The summed E-state index contributed by atoms with van der Waals surface area (Å²) in [7, 11) is 4.32. The average molecular weight is 391 g/mol. The van der Waals surface area contributed by atoms with Crippen LogP contribution in [0.25, 0.3) is 0 Å². The summed E-state index contributed by atoms with van der Waals surface area (Å²) in [4.78, 5) is 13.5. The van der Waals surface area contributed by atoms with E-state index in [4.69, 9.17) is 11.5 Å². The summed E-state index contributed by atoms with van der Waals surface area (Å²) < 4.78 is 0. The fraction of sp³-hybridized carbons (Fsp3) is 0.765. The first-order valence-electron chi connectivity index (χ1n) is 8.84. The molecule has 8 heteroatoms. The third kappa shape index (κ3) is 5.58. The topological polar surface area (TPSA) is 84.3 Å². The minimum Gasteiger partial charge on any atom is -0.368 e. The molecule has 2 saturated carbocycles. The second kappa shape index (κ2) is 9.76. The maximum atomic E-state index is 5.91. The molecule has 6 nitrogen and oxygen atoms in total. The quantitative estimate of drug-likeness (QED) is 0.775. The van der Waals surface area contributed by atoms with Crippen LogP contribution < -0.4 is 16.4 Å². The Labute approximate surface area is 163 Å². The molecule has 0 saturated heterocycles. The molecule has 144 valence electrons. The lowest BCUT2D eigenvalue weighted by Crippen LogP contribution is -2.37. The van der Waals surface area contributed by atoms with Gasteiger partial charge in [-0.1, -0.05) is 12.8 Å². The Morgan fingerprint density at radius 1 is 1.08 bits per heavy atom. The normalized spacial score (nSPS) is 22.9. The van der Waals surface area contributed by atoms with Crippen LogP contribution in [0.4, 0.5) is 11.8 Å². The molecule has 1 heterocycles. The van der Waals surface area contributed by atoms with Crippen molar-refractivity contribution in [2.24, 2.45) is 5.73 Å². The van der Waals surface area contributed by atoms with Crippen LogP contribution in [-0.4, -0.2) is 54.1 Å². The maximum Gasteiger partial charge on any atom is 0.222 e. The van der Waals surface area contributed by atoms with Crippen molar-refractivity contribution >= 4 is 36.6 Å². The molecular formula is C17H32Cl2N6. The molecule has 0 radical (unpaired) electrons. The smallest absolute Gasteiger partial charge is 0.222 e. The molecule has 0 aliphatic heterocycles. The van der Waals surface area contributed by atoms with Crippen molar-refractivity contribution in [2.45, 2.75) is 56.5 Å². The van der Waals surface area contributed by atoms with E-state index in [1.54, 1.807) is 0 Å². The van der Waals surface area contributed by atoms with Gasteiger partial charge in [0.1, 0.15) is 5.82 Å². The number of hydrogen-bond acceptors (Lipinski definition) is 6. The molecule has 0 aromatic carbocycles. The van der Waals surface area contributed by atoms with Gasteiger partial charge in [-0.25, -0.2) is 4.98 Å². The Morgan fingerprint density at radius 2 is 1.72 bits per heavy atom. The summed E-state index contributed by atoms with van der Waals surface area (Å²) in [6.45, 7) is 2.00. The molecular weight excluding hydrogens is 359 g/mol. The number of anilines is 2. The van der Waals surface area contributed by atoms with E-state index < -0.39 is 0 Å². The summed E-state index contributed by atoms with van der Waals surface area (Å²) in [6, 6.07) is 3.16. The first kappa shape index (κ1) is 22.2. The molecule has 0 unspecified atom stereocenters. The van der Waals surface area contributed by atoms with E-state index >= 15 is 0 Å². The molecule has 1 aromatic rings. The lowest BCUT2D eigenvalue weighted by Gasteiger charge is -2.32. The standard InChI is InChI=1S/C17H30N6.2ClH/c1-22(14-5-3-4-6-14)7-8-23(2)16-11-15(20-17(19)21-16)12-9-13(18)10-12;;/h11-14H,3-10,18H2,1-2H3,(H2,19,20,21);2*1H. The molecule has 0 atom stereocenters. The highest BCUT2D eigenvalue weighted by molar-refractivity contribution is 5.85. The molecule has 25 heavy (non-hydrogen) atoms. The van der Waals surface area contributed by atoms with E-state index in [1.165, 1.54) is 25.7 Å². The van der Waals surface area contributed by atoms with Crippen LogP contribution in [-0.2, 0) is 0 Å². The summed E-state index contributed by atoms with van der Waals surface area (Å²) in [6.07, 6.45) is 7.44. The Bertz CT molecular complexity index is 532. The molecule has 4 N–H and O–H groups in total. The number of nitrogen functional groups attached to an aromatic ring is 1. The zero-order valence-corrected chi connectivity index (χ0v) is 16.9. The Balaban J connectivity index is 0.00000156. The molecule has 1 aromatic heterocycles. The van der Waals surface area contributed by atoms with Crippen molar-refractivity contribution in [1.82, 2.24) is 14.9 Å². The zero-order chi connectivity index (χ0) is 16.4. The summed E-state index contributed by atoms with van der Waals surface area (Å²) in [5.41, 5.74) is 12.9. The second-order valence-corrected chi connectivity index (χ2v) is 7.28. The van der Waals surface area contributed by atoms with Gasteiger partial charge in [-0.2, -0.15) is 4.98 Å². The zero-order valence-electron chi connectivity index (χ0n) is 15.2. The van der Waals surface area contributed by atoms with Crippen molar-refractivity contribution in [3.05, 3.63) is 11.8 Å². The number of nitrogens with zero attached hydrogens (tertiary/aromatic N) is 4. The number of halogens is 2. The van der Waals surface area contributed by atoms with E-state index in [1.807, 2.05) is 0 Å². The van der Waals surface area contributed by atoms with Crippen molar-refractivity contribution in [3.63, 3.8) is 0 Å². The summed E-state index contributed by atoms with van der Waals surface area (Å²) in [5, 5.41) is 0. The summed E-state index contributed by atoms with van der Waals surface area (Å²) >= 11 is 0. The highest BCUT2D eigenvalue weighted by Gasteiger charge is 2.29. The Kier molecular flexibility index (Phi) is 8.68. The number of rotatable bonds is 6. The van der Waals surface area contributed by atoms with Crippen LogP contribution in [0, 0.1) is 0 Å². The van der Waals surface area contributed by atoms with Gasteiger partial charge in [0.05, 0.1) is 5.69 Å². The van der Waals surface area contributed by atoms with Crippen molar-refractivity contribution < 1.29 is 0 Å². The lowest BCUT2D eigenvalue weighted by molar-refractivity contribution is 0.251. The molecule has 2 aliphatic rings. The fourth-order valence-electron chi connectivity index (χ4n) is 3.73. The van der Waals surface area contributed by atoms with Gasteiger partial charge in [0.25, 0.3) is 0 Å². The van der Waals surface area contributed by atoms with Gasteiger partial charge in [-0.15, -0.1) is 24.8 Å². The van der Waals surface area contributed by atoms with Gasteiger partial charge in [-0.05, 0) is 32.7 Å². The number of aromatic nitrogens is 2. The highest BCUT2D eigenvalue weighted by atomic mass is 35.5. The van der Waals surface area contributed by atoms with Crippen molar-refractivity contribution in [2.75, 3.05) is 37.8 Å². The Morgan fingerprint density at radius 3 is 2.32 bits per heavy atom. The van der Waals surface area contributed by atoms with Crippen molar-refractivity contribution in [1.29, 1.82) is 0 Å². The van der Waals surface area contributed by atoms with Gasteiger partial charge >= 0.3 is 0 Å². The highest BCUT2D eigenvalue weighted by Crippen LogP contribution is 2.35.